The smallest absolute Gasteiger partial charge is 0.277 e. The molecule has 1 aromatic heterocycles. The Morgan fingerprint density at radius 2 is 1.73 bits per heavy atom. The van der Waals surface area contributed by atoms with E-state index < -0.39 is 0 Å². The second kappa shape index (κ2) is 6.94. The van der Waals surface area contributed by atoms with Crippen LogP contribution in [0.4, 0.5) is 17.5 Å². The largest absolute Gasteiger partial charge is 0.357 e. The molecular weight excluding hydrogens is 326 g/mol. The Labute approximate surface area is 154 Å². The quantitative estimate of drug-likeness (QED) is 0.829. The summed E-state index contributed by atoms with van der Waals surface area (Å²) in [6, 6.07) is 9.81. The van der Waals surface area contributed by atoms with Gasteiger partial charge in [0.15, 0.2) is 0 Å². The molecule has 6 nitrogen and oxygen atoms in total. The predicted molar refractivity (Wildman–Crippen MR) is 104 cm³/mol. The molecule has 0 aliphatic carbocycles. The Kier molecular flexibility index (Phi) is 4.49. The topological polar surface area (TPSA) is 52.6 Å². The van der Waals surface area contributed by atoms with Gasteiger partial charge in [0.1, 0.15) is 11.5 Å². The van der Waals surface area contributed by atoms with E-state index in [1.165, 1.54) is 0 Å². The monoisotopic (exact) mass is 351 g/mol. The van der Waals surface area contributed by atoms with Crippen molar-refractivity contribution in [3.8, 4) is 0 Å². The fourth-order valence-corrected chi connectivity index (χ4v) is 3.80. The van der Waals surface area contributed by atoms with Crippen LogP contribution in [0, 0.1) is 0 Å². The molecule has 0 saturated carbocycles. The average molecular weight is 351 g/mol. The molecular formula is C20H25N5O. The van der Waals surface area contributed by atoms with Gasteiger partial charge < -0.3 is 14.7 Å². The second-order valence-electron chi connectivity index (χ2n) is 6.77. The third-order valence-corrected chi connectivity index (χ3v) is 5.26. The van der Waals surface area contributed by atoms with E-state index in [2.05, 4.69) is 23.6 Å². The zero-order valence-electron chi connectivity index (χ0n) is 15.5. The normalized spacial score (nSPS) is 16.3. The number of benzene rings is 1. The van der Waals surface area contributed by atoms with Crippen molar-refractivity contribution in [2.45, 2.75) is 33.2 Å². The number of fused-ring (bicyclic) bond motifs is 1. The second-order valence-corrected chi connectivity index (χ2v) is 6.77. The van der Waals surface area contributed by atoms with Crippen LogP contribution < -0.4 is 14.7 Å². The minimum atomic E-state index is -0.0255. The van der Waals surface area contributed by atoms with E-state index in [0.717, 1.165) is 56.1 Å². The minimum absolute atomic E-state index is 0.0255. The summed E-state index contributed by atoms with van der Waals surface area (Å²) in [5.74, 6) is 1.59. The highest BCUT2D eigenvalue weighted by Crippen LogP contribution is 2.34. The number of aromatic nitrogens is 2. The first kappa shape index (κ1) is 16.8. The van der Waals surface area contributed by atoms with Gasteiger partial charge in [0.2, 0.25) is 5.95 Å². The van der Waals surface area contributed by atoms with Gasteiger partial charge in [0.25, 0.3) is 5.91 Å². The van der Waals surface area contributed by atoms with Crippen LogP contribution in [0.5, 0.6) is 0 Å². The van der Waals surface area contributed by atoms with Crippen molar-refractivity contribution in [1.82, 2.24) is 9.97 Å². The SMILES string of the molecule is CCN(CC)c1nc(N2CCCC2)nc2c1CN(c1ccccc1)C2=O. The van der Waals surface area contributed by atoms with Gasteiger partial charge in [-0.05, 0) is 38.8 Å². The third-order valence-electron chi connectivity index (χ3n) is 5.26. The van der Waals surface area contributed by atoms with Gasteiger partial charge in [-0.15, -0.1) is 0 Å². The molecule has 0 spiro atoms. The van der Waals surface area contributed by atoms with Crippen LogP contribution in [0.1, 0.15) is 42.7 Å². The number of hydrogen-bond donors (Lipinski definition) is 0. The fraction of sp³-hybridized carbons (Fsp3) is 0.450. The molecule has 1 fully saturated rings. The predicted octanol–water partition coefficient (Wildman–Crippen LogP) is 3.08. The van der Waals surface area contributed by atoms with Gasteiger partial charge in [0.05, 0.1) is 6.54 Å². The van der Waals surface area contributed by atoms with Crippen LogP contribution in [0.25, 0.3) is 0 Å². The molecule has 2 aromatic rings. The molecule has 0 N–H and O–H groups in total. The highest BCUT2D eigenvalue weighted by molar-refractivity contribution is 6.09. The lowest BCUT2D eigenvalue weighted by molar-refractivity contribution is 0.0992. The molecule has 3 heterocycles. The van der Waals surface area contributed by atoms with Crippen LogP contribution in [0.3, 0.4) is 0 Å². The number of carbonyl (C=O) groups is 1. The number of anilines is 3. The zero-order valence-corrected chi connectivity index (χ0v) is 15.5. The van der Waals surface area contributed by atoms with E-state index in [0.29, 0.717) is 18.2 Å². The lowest BCUT2D eigenvalue weighted by Crippen LogP contribution is -2.27. The Morgan fingerprint density at radius 1 is 1.04 bits per heavy atom. The van der Waals surface area contributed by atoms with Crippen molar-refractivity contribution in [3.05, 3.63) is 41.6 Å². The Balaban J connectivity index is 1.79. The van der Waals surface area contributed by atoms with Crippen LogP contribution in [0.15, 0.2) is 30.3 Å². The average Bonchev–Trinajstić information content (AvgIpc) is 3.32. The van der Waals surface area contributed by atoms with Crippen molar-refractivity contribution >= 4 is 23.4 Å². The molecule has 1 saturated heterocycles. The van der Waals surface area contributed by atoms with Crippen molar-refractivity contribution in [3.63, 3.8) is 0 Å². The Hall–Kier alpha value is -2.63. The Bertz CT molecular complexity index is 797. The summed E-state index contributed by atoms with van der Waals surface area (Å²) in [6.07, 6.45) is 2.32. The molecule has 6 heteroatoms. The summed E-state index contributed by atoms with van der Waals surface area (Å²) < 4.78 is 0. The number of amides is 1. The van der Waals surface area contributed by atoms with Gasteiger partial charge in [0, 0.05) is 37.4 Å². The van der Waals surface area contributed by atoms with Gasteiger partial charge in [-0.2, -0.15) is 4.98 Å². The Morgan fingerprint density at radius 3 is 2.38 bits per heavy atom. The molecule has 2 aliphatic rings. The first-order chi connectivity index (χ1) is 12.7. The van der Waals surface area contributed by atoms with Crippen LogP contribution in [0.2, 0.25) is 0 Å². The number of para-hydroxylation sites is 1. The van der Waals surface area contributed by atoms with Crippen molar-refractivity contribution < 1.29 is 4.79 Å². The highest BCUT2D eigenvalue weighted by atomic mass is 16.2. The molecule has 0 atom stereocenters. The summed E-state index contributed by atoms with van der Waals surface area (Å²) in [6.45, 7) is 8.43. The lowest BCUT2D eigenvalue weighted by atomic mass is 10.2. The molecule has 136 valence electrons. The number of carbonyl (C=O) groups excluding carboxylic acids is 1. The maximum absolute atomic E-state index is 13.1. The lowest BCUT2D eigenvalue weighted by Gasteiger charge is -2.24. The molecule has 2 aliphatic heterocycles. The molecule has 4 rings (SSSR count). The summed E-state index contributed by atoms with van der Waals surface area (Å²) in [4.78, 5) is 28.9. The van der Waals surface area contributed by atoms with Gasteiger partial charge in [-0.25, -0.2) is 4.98 Å². The summed E-state index contributed by atoms with van der Waals surface area (Å²) in [5.41, 5.74) is 2.42. The van der Waals surface area contributed by atoms with Crippen LogP contribution in [-0.4, -0.2) is 42.1 Å². The molecule has 1 amide bonds. The minimum Gasteiger partial charge on any atom is -0.357 e. The van der Waals surface area contributed by atoms with E-state index in [9.17, 15) is 4.79 Å². The van der Waals surface area contributed by atoms with Crippen molar-refractivity contribution in [1.29, 1.82) is 0 Å². The summed E-state index contributed by atoms with van der Waals surface area (Å²) in [5, 5.41) is 0. The first-order valence-electron chi connectivity index (χ1n) is 9.50. The number of hydrogen-bond acceptors (Lipinski definition) is 5. The maximum atomic E-state index is 13.1. The van der Waals surface area contributed by atoms with Crippen LogP contribution >= 0.6 is 0 Å². The van der Waals surface area contributed by atoms with E-state index >= 15 is 0 Å². The number of rotatable bonds is 5. The third kappa shape index (κ3) is 2.79. The van der Waals surface area contributed by atoms with Gasteiger partial charge in [-0.1, -0.05) is 18.2 Å². The maximum Gasteiger partial charge on any atom is 0.277 e. The molecule has 0 unspecified atom stereocenters. The molecule has 26 heavy (non-hydrogen) atoms. The zero-order chi connectivity index (χ0) is 18.1. The van der Waals surface area contributed by atoms with Crippen molar-refractivity contribution in [2.24, 2.45) is 0 Å². The van der Waals surface area contributed by atoms with Crippen LogP contribution in [-0.2, 0) is 6.54 Å². The first-order valence-corrected chi connectivity index (χ1v) is 9.50. The highest BCUT2D eigenvalue weighted by Gasteiger charge is 2.35. The van der Waals surface area contributed by atoms with E-state index in [4.69, 9.17) is 9.97 Å². The molecule has 1 aromatic carbocycles. The molecule has 0 bridgehead atoms. The van der Waals surface area contributed by atoms with Gasteiger partial charge in [-0.3, -0.25) is 4.79 Å². The van der Waals surface area contributed by atoms with E-state index in [-0.39, 0.29) is 5.91 Å². The van der Waals surface area contributed by atoms with E-state index in [1.807, 2.05) is 30.3 Å². The number of nitrogens with zero attached hydrogens (tertiary/aromatic N) is 5. The summed E-state index contributed by atoms with van der Waals surface area (Å²) in [7, 11) is 0. The standard InChI is InChI=1S/C20H25N5O/c1-3-23(4-2)18-16-14-25(15-10-6-5-7-11-15)19(26)17(16)21-20(22-18)24-12-8-9-13-24/h5-7,10-11H,3-4,8-9,12-14H2,1-2H3. The van der Waals surface area contributed by atoms with Crippen molar-refractivity contribution in [2.75, 3.05) is 40.9 Å². The molecule has 0 radical (unpaired) electrons. The van der Waals surface area contributed by atoms with Gasteiger partial charge >= 0.3 is 0 Å². The summed E-state index contributed by atoms with van der Waals surface area (Å²) >= 11 is 0. The fourth-order valence-electron chi connectivity index (χ4n) is 3.80. The van der Waals surface area contributed by atoms with E-state index in [1.54, 1.807) is 4.90 Å².